The van der Waals surface area contributed by atoms with Gasteiger partial charge >= 0.3 is 0 Å². The highest BCUT2D eigenvalue weighted by Gasteiger charge is 2.14. The van der Waals surface area contributed by atoms with Gasteiger partial charge in [-0.25, -0.2) is 0 Å². The van der Waals surface area contributed by atoms with E-state index in [1.54, 1.807) is 6.07 Å². The van der Waals surface area contributed by atoms with Crippen LogP contribution in [-0.2, 0) is 17.8 Å². The molecule has 2 heterocycles. The van der Waals surface area contributed by atoms with Gasteiger partial charge in [0.15, 0.2) is 0 Å². The normalized spacial score (nSPS) is 14.5. The molecule has 1 aliphatic rings. The van der Waals surface area contributed by atoms with Gasteiger partial charge in [-0.2, -0.15) is 0 Å². The van der Waals surface area contributed by atoms with Gasteiger partial charge in [0.1, 0.15) is 0 Å². The Morgan fingerprint density at radius 1 is 1.00 bits per heavy atom. The lowest BCUT2D eigenvalue weighted by Gasteiger charge is -2.26. The number of nitrogens with zero attached hydrogens (tertiary/aromatic N) is 2. The van der Waals surface area contributed by atoms with Crippen LogP contribution < -0.4 is 5.32 Å². The van der Waals surface area contributed by atoms with Crippen molar-refractivity contribution in [3.63, 3.8) is 0 Å². The van der Waals surface area contributed by atoms with Gasteiger partial charge in [-0.05, 0) is 55.3 Å². The summed E-state index contributed by atoms with van der Waals surface area (Å²) in [6.45, 7) is 8.94. The van der Waals surface area contributed by atoms with E-state index in [-0.39, 0.29) is 5.91 Å². The molecule has 0 radical (unpaired) electrons. The zero-order chi connectivity index (χ0) is 21.8. The highest BCUT2D eigenvalue weighted by Crippen LogP contribution is 2.23. The number of nitrogens with one attached hydrogen (secondary N) is 1. The number of carbonyl (C=O) groups excluding carboxylic acids is 1. The van der Waals surface area contributed by atoms with Crippen molar-refractivity contribution in [1.29, 1.82) is 0 Å². The fraction of sp³-hybridized carbons (Fsp3) is 0.320. The number of amides is 1. The molecule has 6 heteroatoms. The summed E-state index contributed by atoms with van der Waals surface area (Å²) in [5.41, 5.74) is 5.96. The van der Waals surface area contributed by atoms with Crippen LogP contribution in [-0.4, -0.2) is 41.7 Å². The standard InChI is InChI=1S/C25H28ClN3O2/c1-18-6-7-19(2)29(18)22-8-9-24(26)23(15-22)25(30)27-16-20-4-3-5-21(14-20)17-28-10-12-31-13-11-28/h3-9,14-15H,10-13,16-17H2,1-2H3,(H,27,30). The van der Waals surface area contributed by atoms with Crippen LogP contribution in [0.2, 0.25) is 5.02 Å². The molecule has 1 fully saturated rings. The van der Waals surface area contributed by atoms with Gasteiger partial charge < -0.3 is 14.6 Å². The van der Waals surface area contributed by atoms with Gasteiger partial charge in [0.2, 0.25) is 0 Å². The minimum atomic E-state index is -0.173. The molecule has 31 heavy (non-hydrogen) atoms. The average molecular weight is 438 g/mol. The van der Waals surface area contributed by atoms with E-state index in [0.717, 1.165) is 55.5 Å². The molecule has 0 atom stereocenters. The highest BCUT2D eigenvalue weighted by molar-refractivity contribution is 6.33. The first kappa shape index (κ1) is 21.6. The number of aromatic nitrogens is 1. The number of ether oxygens (including phenoxy) is 1. The number of hydrogen-bond acceptors (Lipinski definition) is 3. The molecule has 0 bridgehead atoms. The highest BCUT2D eigenvalue weighted by atomic mass is 35.5. The van der Waals surface area contributed by atoms with Gasteiger partial charge in [0, 0.05) is 43.3 Å². The third-order valence-electron chi connectivity index (χ3n) is 5.68. The van der Waals surface area contributed by atoms with E-state index in [2.05, 4.69) is 39.0 Å². The van der Waals surface area contributed by atoms with Gasteiger partial charge in [-0.3, -0.25) is 9.69 Å². The van der Waals surface area contributed by atoms with Gasteiger partial charge in [0.05, 0.1) is 23.8 Å². The SMILES string of the molecule is Cc1ccc(C)n1-c1ccc(Cl)c(C(=O)NCc2cccc(CN3CCOCC3)c2)c1. The number of hydrogen-bond donors (Lipinski definition) is 1. The summed E-state index contributed by atoms with van der Waals surface area (Å²) in [5.74, 6) is -0.173. The molecule has 1 aromatic heterocycles. The zero-order valence-electron chi connectivity index (χ0n) is 18.0. The largest absolute Gasteiger partial charge is 0.379 e. The van der Waals surface area contributed by atoms with Gasteiger partial charge in [-0.15, -0.1) is 0 Å². The number of morpholine rings is 1. The lowest BCUT2D eigenvalue weighted by atomic mass is 10.1. The van der Waals surface area contributed by atoms with Crippen molar-refractivity contribution >= 4 is 17.5 Å². The molecule has 0 aliphatic carbocycles. The minimum Gasteiger partial charge on any atom is -0.379 e. The first-order chi connectivity index (χ1) is 15.0. The van der Waals surface area contributed by atoms with E-state index >= 15 is 0 Å². The molecule has 4 rings (SSSR count). The maximum Gasteiger partial charge on any atom is 0.253 e. The van der Waals surface area contributed by atoms with Crippen molar-refractivity contribution in [2.75, 3.05) is 26.3 Å². The maximum atomic E-state index is 12.9. The Morgan fingerprint density at radius 2 is 1.71 bits per heavy atom. The lowest BCUT2D eigenvalue weighted by molar-refractivity contribution is 0.0342. The average Bonchev–Trinajstić information content (AvgIpc) is 3.11. The summed E-state index contributed by atoms with van der Waals surface area (Å²) in [5, 5.41) is 3.47. The minimum absolute atomic E-state index is 0.173. The molecule has 1 amide bonds. The summed E-state index contributed by atoms with van der Waals surface area (Å²) >= 11 is 6.36. The first-order valence-electron chi connectivity index (χ1n) is 10.6. The summed E-state index contributed by atoms with van der Waals surface area (Å²) in [4.78, 5) is 15.3. The van der Waals surface area contributed by atoms with E-state index < -0.39 is 0 Å². The van der Waals surface area contributed by atoms with E-state index in [1.807, 2.05) is 38.1 Å². The Kier molecular flexibility index (Phi) is 6.76. The van der Waals surface area contributed by atoms with Crippen molar-refractivity contribution in [2.45, 2.75) is 26.9 Å². The quantitative estimate of drug-likeness (QED) is 0.617. The van der Waals surface area contributed by atoms with Crippen LogP contribution in [0.25, 0.3) is 5.69 Å². The lowest BCUT2D eigenvalue weighted by Crippen LogP contribution is -2.35. The van der Waals surface area contributed by atoms with Crippen LogP contribution in [0.4, 0.5) is 0 Å². The van der Waals surface area contributed by atoms with Crippen LogP contribution in [0.3, 0.4) is 0 Å². The summed E-state index contributed by atoms with van der Waals surface area (Å²) in [6.07, 6.45) is 0. The van der Waals surface area contributed by atoms with Crippen molar-refractivity contribution < 1.29 is 9.53 Å². The number of halogens is 1. The molecule has 0 unspecified atom stereocenters. The van der Waals surface area contributed by atoms with E-state index in [0.29, 0.717) is 17.1 Å². The van der Waals surface area contributed by atoms with Crippen LogP contribution in [0.1, 0.15) is 32.9 Å². The molecule has 1 N–H and O–H groups in total. The van der Waals surface area contributed by atoms with Crippen molar-refractivity contribution in [3.05, 3.63) is 87.7 Å². The van der Waals surface area contributed by atoms with Gasteiger partial charge in [-0.1, -0.05) is 35.9 Å². The number of carbonyl (C=O) groups is 1. The Bertz CT molecular complexity index is 1050. The van der Waals surface area contributed by atoms with Crippen molar-refractivity contribution in [3.8, 4) is 5.69 Å². The summed E-state index contributed by atoms with van der Waals surface area (Å²) in [7, 11) is 0. The van der Waals surface area contributed by atoms with Crippen LogP contribution in [0.5, 0.6) is 0 Å². The molecule has 3 aromatic rings. The first-order valence-corrected chi connectivity index (χ1v) is 11.0. The fourth-order valence-corrected chi connectivity index (χ4v) is 4.24. The second-order valence-corrected chi connectivity index (χ2v) is 8.41. The molecular formula is C25H28ClN3O2. The molecule has 162 valence electrons. The number of rotatable bonds is 6. The fourth-order valence-electron chi connectivity index (χ4n) is 4.04. The van der Waals surface area contributed by atoms with E-state index in [1.165, 1.54) is 5.56 Å². The molecule has 1 aliphatic heterocycles. The van der Waals surface area contributed by atoms with E-state index in [4.69, 9.17) is 16.3 Å². The third kappa shape index (κ3) is 5.18. The number of aryl methyl sites for hydroxylation is 2. The second-order valence-electron chi connectivity index (χ2n) is 8.01. The third-order valence-corrected chi connectivity index (χ3v) is 6.01. The van der Waals surface area contributed by atoms with Gasteiger partial charge in [0.25, 0.3) is 5.91 Å². The van der Waals surface area contributed by atoms with E-state index in [9.17, 15) is 4.79 Å². The molecule has 1 saturated heterocycles. The summed E-state index contributed by atoms with van der Waals surface area (Å²) in [6, 6.07) is 18.1. The molecule has 5 nitrogen and oxygen atoms in total. The molecule has 0 saturated carbocycles. The molecular weight excluding hydrogens is 410 g/mol. The zero-order valence-corrected chi connectivity index (χ0v) is 18.8. The van der Waals surface area contributed by atoms with Crippen LogP contribution in [0.15, 0.2) is 54.6 Å². The smallest absolute Gasteiger partial charge is 0.253 e. The molecule has 2 aromatic carbocycles. The van der Waals surface area contributed by atoms with Crippen molar-refractivity contribution in [1.82, 2.24) is 14.8 Å². The Morgan fingerprint density at radius 3 is 2.45 bits per heavy atom. The maximum absolute atomic E-state index is 12.9. The number of benzene rings is 2. The molecule has 0 spiro atoms. The van der Waals surface area contributed by atoms with Crippen LogP contribution in [0, 0.1) is 13.8 Å². The summed E-state index contributed by atoms with van der Waals surface area (Å²) < 4.78 is 7.53. The topological polar surface area (TPSA) is 46.5 Å². The Hall–Kier alpha value is -2.60. The van der Waals surface area contributed by atoms with Crippen molar-refractivity contribution in [2.24, 2.45) is 0 Å². The Balaban J connectivity index is 1.44. The predicted molar refractivity (Wildman–Crippen MR) is 124 cm³/mol. The second kappa shape index (κ2) is 9.69. The monoisotopic (exact) mass is 437 g/mol. The Labute approximate surface area is 188 Å². The predicted octanol–water partition coefficient (Wildman–Crippen LogP) is 4.51. The van der Waals surface area contributed by atoms with Crippen LogP contribution >= 0.6 is 11.6 Å².